The van der Waals surface area contributed by atoms with E-state index in [9.17, 15) is 14.4 Å². The molecule has 34 heavy (non-hydrogen) atoms. The quantitative estimate of drug-likeness (QED) is 0.506. The highest BCUT2D eigenvalue weighted by atomic mass is 16.6. The minimum atomic E-state index is -0.688. The van der Waals surface area contributed by atoms with Crippen molar-refractivity contribution in [1.82, 2.24) is 10.6 Å². The number of anilines is 1. The van der Waals surface area contributed by atoms with Crippen molar-refractivity contribution in [3.8, 4) is 5.75 Å². The Morgan fingerprint density at radius 1 is 0.941 bits per heavy atom. The number of benzene rings is 2. The zero-order valence-corrected chi connectivity index (χ0v) is 20.7. The molecule has 0 saturated carbocycles. The minimum Gasteiger partial charge on any atom is -0.481 e. The van der Waals surface area contributed by atoms with Crippen LogP contribution < -0.4 is 20.7 Å². The monoisotopic (exact) mass is 469 g/mol. The fourth-order valence-electron chi connectivity index (χ4n) is 2.92. The van der Waals surface area contributed by atoms with E-state index in [1.807, 2.05) is 30.3 Å². The predicted molar refractivity (Wildman–Crippen MR) is 132 cm³/mol. The smallest absolute Gasteiger partial charge is 0.408 e. The molecule has 3 amide bonds. The van der Waals surface area contributed by atoms with Crippen molar-refractivity contribution in [3.63, 3.8) is 0 Å². The van der Waals surface area contributed by atoms with Gasteiger partial charge in [-0.3, -0.25) is 9.59 Å². The zero-order valence-electron chi connectivity index (χ0n) is 20.7. The molecule has 0 bridgehead atoms. The van der Waals surface area contributed by atoms with E-state index in [2.05, 4.69) is 29.8 Å². The van der Waals surface area contributed by atoms with E-state index >= 15 is 0 Å². The lowest BCUT2D eigenvalue weighted by atomic mass is 10.0. The van der Waals surface area contributed by atoms with Crippen LogP contribution in [0.2, 0.25) is 0 Å². The molecule has 0 saturated heterocycles. The number of carbonyl (C=O) groups excluding carboxylic acids is 3. The molecule has 1 unspecified atom stereocenters. The number of rotatable bonds is 9. The third kappa shape index (κ3) is 9.52. The van der Waals surface area contributed by atoms with Crippen molar-refractivity contribution in [2.45, 2.75) is 65.7 Å². The van der Waals surface area contributed by atoms with E-state index in [4.69, 9.17) is 9.47 Å². The Kier molecular flexibility index (Phi) is 9.47. The average molecular weight is 470 g/mol. The summed E-state index contributed by atoms with van der Waals surface area (Å²) < 4.78 is 10.8. The lowest BCUT2D eigenvalue weighted by Gasteiger charge is -2.19. The largest absolute Gasteiger partial charge is 0.481 e. The van der Waals surface area contributed by atoms with E-state index in [-0.39, 0.29) is 24.9 Å². The Labute approximate surface area is 201 Å². The number of alkyl carbamates (subject to hydrolysis) is 1. The lowest BCUT2D eigenvalue weighted by Crippen LogP contribution is -2.39. The van der Waals surface area contributed by atoms with Gasteiger partial charge in [-0.1, -0.05) is 38.1 Å². The number of hydrogen-bond donors (Lipinski definition) is 3. The summed E-state index contributed by atoms with van der Waals surface area (Å²) in [4.78, 5) is 36.2. The highest BCUT2D eigenvalue weighted by molar-refractivity contribution is 5.94. The van der Waals surface area contributed by atoms with Gasteiger partial charge in [0.1, 0.15) is 17.9 Å². The molecule has 8 heteroatoms. The second-order valence-corrected chi connectivity index (χ2v) is 9.31. The fraction of sp³-hybridized carbons (Fsp3) is 0.423. The van der Waals surface area contributed by atoms with Crippen molar-refractivity contribution in [2.75, 3.05) is 11.9 Å². The van der Waals surface area contributed by atoms with Gasteiger partial charge in [-0.05, 0) is 69.0 Å². The highest BCUT2D eigenvalue weighted by Gasteiger charge is 2.17. The Morgan fingerprint density at radius 2 is 1.62 bits per heavy atom. The normalized spacial score (nSPS) is 12.0. The number of amides is 3. The van der Waals surface area contributed by atoms with Gasteiger partial charge in [0, 0.05) is 12.2 Å². The van der Waals surface area contributed by atoms with Gasteiger partial charge >= 0.3 is 6.09 Å². The summed E-state index contributed by atoms with van der Waals surface area (Å²) in [7, 11) is 0. The third-order valence-corrected chi connectivity index (χ3v) is 4.71. The van der Waals surface area contributed by atoms with Crippen LogP contribution in [0.1, 0.15) is 58.6 Å². The molecule has 0 aliphatic carbocycles. The Balaban J connectivity index is 1.82. The van der Waals surface area contributed by atoms with Crippen LogP contribution in [0.15, 0.2) is 48.5 Å². The minimum absolute atomic E-state index is 0.196. The van der Waals surface area contributed by atoms with Crippen molar-refractivity contribution < 1.29 is 23.9 Å². The molecule has 0 fully saturated rings. The maximum Gasteiger partial charge on any atom is 0.408 e. The summed E-state index contributed by atoms with van der Waals surface area (Å²) in [6, 6.07) is 14.8. The van der Waals surface area contributed by atoms with Gasteiger partial charge in [0.25, 0.3) is 5.91 Å². The first-order chi connectivity index (χ1) is 15.9. The lowest BCUT2D eigenvalue weighted by molar-refractivity contribution is -0.122. The molecule has 8 nitrogen and oxygen atoms in total. The molecule has 0 spiro atoms. The number of ether oxygens (including phenoxy) is 2. The van der Waals surface area contributed by atoms with Crippen LogP contribution in [0.5, 0.6) is 5.75 Å². The van der Waals surface area contributed by atoms with Crippen molar-refractivity contribution >= 4 is 23.6 Å². The van der Waals surface area contributed by atoms with Gasteiger partial charge in [0.15, 0.2) is 6.10 Å². The van der Waals surface area contributed by atoms with E-state index in [0.29, 0.717) is 17.4 Å². The molecule has 1 atom stereocenters. The van der Waals surface area contributed by atoms with Crippen LogP contribution in [-0.4, -0.2) is 36.2 Å². The topological polar surface area (TPSA) is 106 Å². The number of carbonyl (C=O) groups is 3. The number of nitrogens with one attached hydrogen (secondary N) is 3. The maximum atomic E-state index is 12.6. The molecule has 0 heterocycles. The summed E-state index contributed by atoms with van der Waals surface area (Å²) in [5.74, 6) is 0.415. The first-order valence-corrected chi connectivity index (χ1v) is 11.3. The molecule has 0 aliphatic rings. The van der Waals surface area contributed by atoms with Gasteiger partial charge in [-0.2, -0.15) is 0 Å². The van der Waals surface area contributed by atoms with E-state index in [1.165, 1.54) is 5.56 Å². The Morgan fingerprint density at radius 3 is 2.24 bits per heavy atom. The van der Waals surface area contributed by atoms with Crippen LogP contribution in [0, 0.1) is 0 Å². The second kappa shape index (κ2) is 12.1. The molecule has 2 aromatic carbocycles. The van der Waals surface area contributed by atoms with Crippen LogP contribution in [0.4, 0.5) is 10.5 Å². The van der Waals surface area contributed by atoms with E-state index in [1.54, 1.807) is 45.9 Å². The zero-order chi connectivity index (χ0) is 25.3. The molecule has 0 aromatic heterocycles. The fourth-order valence-corrected chi connectivity index (χ4v) is 2.92. The van der Waals surface area contributed by atoms with E-state index < -0.39 is 17.8 Å². The molecule has 2 aromatic rings. The third-order valence-electron chi connectivity index (χ3n) is 4.71. The number of hydrogen-bond acceptors (Lipinski definition) is 5. The van der Waals surface area contributed by atoms with Crippen molar-refractivity contribution in [1.29, 1.82) is 0 Å². The molecular formula is C26H35N3O5. The summed E-state index contributed by atoms with van der Waals surface area (Å²) in [6.07, 6.45) is -1.34. The van der Waals surface area contributed by atoms with Gasteiger partial charge in [0.05, 0.1) is 0 Å². The van der Waals surface area contributed by atoms with Crippen LogP contribution >= 0.6 is 0 Å². The molecule has 2 rings (SSSR count). The standard InChI is InChI=1S/C26H35N3O5/c1-17(2)20-10-12-22(13-11-20)33-18(3)24(31)29-21-9-7-8-19(14-21)15-27-23(30)16-28-25(32)34-26(4,5)6/h7-14,17-18H,15-16H2,1-6H3,(H,27,30)(H,28,32)(H,29,31). The van der Waals surface area contributed by atoms with Gasteiger partial charge in [0.2, 0.25) is 5.91 Å². The summed E-state index contributed by atoms with van der Waals surface area (Å²) >= 11 is 0. The molecule has 0 aliphatic heterocycles. The van der Waals surface area contributed by atoms with Crippen molar-refractivity contribution in [2.24, 2.45) is 0 Å². The molecular weight excluding hydrogens is 434 g/mol. The molecule has 0 radical (unpaired) electrons. The predicted octanol–water partition coefficient (Wildman–Crippen LogP) is 4.36. The van der Waals surface area contributed by atoms with Crippen LogP contribution in [-0.2, 0) is 20.9 Å². The van der Waals surface area contributed by atoms with Crippen LogP contribution in [0.25, 0.3) is 0 Å². The first kappa shape index (κ1) is 26.7. The summed E-state index contributed by atoms with van der Waals surface area (Å²) in [5, 5.41) is 7.96. The highest BCUT2D eigenvalue weighted by Crippen LogP contribution is 2.20. The average Bonchev–Trinajstić information content (AvgIpc) is 2.75. The Bertz CT molecular complexity index is 981. The maximum absolute atomic E-state index is 12.6. The summed E-state index contributed by atoms with van der Waals surface area (Å²) in [6.45, 7) is 11.2. The summed E-state index contributed by atoms with van der Waals surface area (Å²) in [5.41, 5.74) is 1.95. The van der Waals surface area contributed by atoms with Gasteiger partial charge in [-0.25, -0.2) is 4.79 Å². The SMILES string of the molecule is CC(Oc1ccc(C(C)C)cc1)C(=O)Nc1cccc(CNC(=O)CNC(=O)OC(C)(C)C)c1. The van der Waals surface area contributed by atoms with Gasteiger partial charge in [-0.15, -0.1) is 0 Å². The first-order valence-electron chi connectivity index (χ1n) is 11.3. The Hall–Kier alpha value is -3.55. The molecule has 3 N–H and O–H groups in total. The van der Waals surface area contributed by atoms with E-state index in [0.717, 1.165) is 5.56 Å². The van der Waals surface area contributed by atoms with Crippen molar-refractivity contribution in [3.05, 3.63) is 59.7 Å². The van der Waals surface area contributed by atoms with Gasteiger partial charge < -0.3 is 25.4 Å². The van der Waals surface area contributed by atoms with Crippen LogP contribution in [0.3, 0.4) is 0 Å². The second-order valence-electron chi connectivity index (χ2n) is 9.31. The molecule has 184 valence electrons.